The second-order valence-corrected chi connectivity index (χ2v) is 11.6. The van der Waals surface area contributed by atoms with Crippen LogP contribution in [0, 0.1) is 0 Å². The van der Waals surface area contributed by atoms with E-state index in [0.717, 1.165) is 47.3 Å². The zero-order valence-electron chi connectivity index (χ0n) is 25.8. The Kier molecular flexibility index (Phi) is 10.0. The zero-order valence-corrected chi connectivity index (χ0v) is 25.8. The molecule has 0 saturated heterocycles. The molecule has 222 valence electrons. The number of carbonyl (C=O) groups is 1. The highest BCUT2D eigenvalue weighted by molar-refractivity contribution is 5.75. The molecule has 0 radical (unpaired) electrons. The molecule has 0 atom stereocenters. The summed E-state index contributed by atoms with van der Waals surface area (Å²) >= 11 is 0. The molecule has 4 rings (SSSR count). The van der Waals surface area contributed by atoms with Gasteiger partial charge < -0.3 is 9.47 Å². The van der Waals surface area contributed by atoms with E-state index in [-0.39, 0.29) is 23.5 Å². The van der Waals surface area contributed by atoms with Gasteiger partial charge in [-0.05, 0) is 72.1 Å². The standard InChI is InChI=1S/C35H43N3O4/c1-7-37-32(36-38(34(37)40)24-26-15-18-30(19-16-26)35(3,4)5)14-10-12-25-11-9-13-27(21-25)28-17-20-31(42-8-2)29(22-28)23-33(39)41-6/h9,11,13,15-22H,7-8,10,12,14,23-24H2,1-6H3. The number of carbonyl (C=O) groups excluding carboxylic acids is 1. The Labute approximate surface area is 249 Å². The molecule has 0 amide bonds. The zero-order chi connectivity index (χ0) is 30.3. The van der Waals surface area contributed by atoms with Gasteiger partial charge >= 0.3 is 11.7 Å². The third kappa shape index (κ3) is 7.58. The number of hydrogen-bond acceptors (Lipinski definition) is 5. The highest BCUT2D eigenvalue weighted by Gasteiger charge is 2.16. The molecule has 0 aliphatic rings. The summed E-state index contributed by atoms with van der Waals surface area (Å²) in [5.74, 6) is 1.23. The van der Waals surface area contributed by atoms with Crippen LogP contribution in [-0.4, -0.2) is 34.0 Å². The number of hydrogen-bond donors (Lipinski definition) is 0. The number of esters is 1. The normalized spacial score (nSPS) is 11.5. The summed E-state index contributed by atoms with van der Waals surface area (Å²) < 4.78 is 14.0. The van der Waals surface area contributed by atoms with Crippen molar-refractivity contribution in [3.05, 3.63) is 105 Å². The van der Waals surface area contributed by atoms with Crippen LogP contribution >= 0.6 is 0 Å². The van der Waals surface area contributed by atoms with Crippen molar-refractivity contribution in [2.75, 3.05) is 13.7 Å². The van der Waals surface area contributed by atoms with Crippen LogP contribution < -0.4 is 10.4 Å². The van der Waals surface area contributed by atoms with Crippen molar-refractivity contribution in [1.82, 2.24) is 14.3 Å². The van der Waals surface area contributed by atoms with Crippen LogP contribution in [0.1, 0.15) is 69.1 Å². The molecule has 4 aromatic rings. The minimum atomic E-state index is -0.298. The smallest absolute Gasteiger partial charge is 0.346 e. The van der Waals surface area contributed by atoms with E-state index in [1.807, 2.05) is 32.0 Å². The fourth-order valence-electron chi connectivity index (χ4n) is 5.15. The topological polar surface area (TPSA) is 75.4 Å². The van der Waals surface area contributed by atoms with Crippen molar-refractivity contribution in [2.45, 2.75) is 78.8 Å². The number of aryl methyl sites for hydroxylation is 2. The Bertz CT molecular complexity index is 1560. The SMILES string of the molecule is CCOc1ccc(-c2cccc(CCCc3nn(Cc4ccc(C(C)(C)C)cc4)c(=O)n3CC)c2)cc1CC(=O)OC. The first-order valence-electron chi connectivity index (χ1n) is 14.8. The lowest BCUT2D eigenvalue weighted by Gasteiger charge is -2.19. The Balaban J connectivity index is 1.45. The molecular weight excluding hydrogens is 526 g/mol. The number of methoxy groups -OCH3 is 1. The summed E-state index contributed by atoms with van der Waals surface area (Å²) in [7, 11) is 1.39. The van der Waals surface area contributed by atoms with Crippen LogP contribution in [0.4, 0.5) is 0 Å². The van der Waals surface area contributed by atoms with E-state index in [0.29, 0.717) is 25.4 Å². The van der Waals surface area contributed by atoms with E-state index in [1.54, 1.807) is 9.25 Å². The van der Waals surface area contributed by atoms with Gasteiger partial charge in [0.2, 0.25) is 0 Å². The molecule has 3 aromatic carbocycles. The highest BCUT2D eigenvalue weighted by Crippen LogP contribution is 2.28. The largest absolute Gasteiger partial charge is 0.494 e. The molecule has 1 aromatic heterocycles. The molecule has 7 nitrogen and oxygen atoms in total. The molecule has 42 heavy (non-hydrogen) atoms. The Morgan fingerprint density at radius 1 is 0.905 bits per heavy atom. The molecule has 0 aliphatic heterocycles. The molecular formula is C35H43N3O4. The summed E-state index contributed by atoms with van der Waals surface area (Å²) in [5.41, 5.74) is 6.48. The predicted molar refractivity (Wildman–Crippen MR) is 167 cm³/mol. The molecule has 7 heteroatoms. The van der Waals surface area contributed by atoms with Gasteiger partial charge in [0.25, 0.3) is 0 Å². The third-order valence-electron chi connectivity index (χ3n) is 7.52. The highest BCUT2D eigenvalue weighted by atomic mass is 16.5. The van der Waals surface area contributed by atoms with Crippen LogP contribution in [0.25, 0.3) is 11.1 Å². The lowest BCUT2D eigenvalue weighted by Crippen LogP contribution is -2.25. The van der Waals surface area contributed by atoms with Gasteiger partial charge in [-0.3, -0.25) is 9.36 Å². The van der Waals surface area contributed by atoms with Crippen LogP contribution in [0.15, 0.2) is 71.5 Å². The summed E-state index contributed by atoms with van der Waals surface area (Å²) in [5, 5.41) is 4.72. The molecule has 0 aliphatic carbocycles. The first-order chi connectivity index (χ1) is 20.1. The summed E-state index contributed by atoms with van der Waals surface area (Å²) in [6.45, 7) is 12.1. The van der Waals surface area contributed by atoms with Crippen molar-refractivity contribution in [2.24, 2.45) is 0 Å². The third-order valence-corrected chi connectivity index (χ3v) is 7.52. The molecule has 0 saturated carbocycles. The van der Waals surface area contributed by atoms with Gasteiger partial charge in [0.05, 0.1) is 26.7 Å². The van der Waals surface area contributed by atoms with Gasteiger partial charge in [-0.25, -0.2) is 9.48 Å². The number of ether oxygens (including phenoxy) is 2. The fourth-order valence-corrected chi connectivity index (χ4v) is 5.15. The number of benzene rings is 3. The van der Waals surface area contributed by atoms with Crippen LogP contribution in [0.2, 0.25) is 0 Å². The number of nitrogens with zero attached hydrogens (tertiary/aromatic N) is 3. The molecule has 0 fully saturated rings. The molecule has 1 heterocycles. The lowest BCUT2D eigenvalue weighted by atomic mass is 9.87. The number of rotatable bonds is 12. The second kappa shape index (κ2) is 13.7. The van der Waals surface area contributed by atoms with E-state index in [9.17, 15) is 9.59 Å². The summed E-state index contributed by atoms with van der Waals surface area (Å²) in [6.07, 6.45) is 2.61. The predicted octanol–water partition coefficient (Wildman–Crippen LogP) is 6.37. The summed E-state index contributed by atoms with van der Waals surface area (Å²) in [4.78, 5) is 25.1. The first kappa shape index (κ1) is 30.8. The maximum atomic E-state index is 13.1. The second-order valence-electron chi connectivity index (χ2n) is 11.6. The fraction of sp³-hybridized carbons (Fsp3) is 0.400. The van der Waals surface area contributed by atoms with Crippen molar-refractivity contribution in [3.63, 3.8) is 0 Å². The van der Waals surface area contributed by atoms with Gasteiger partial charge in [-0.15, -0.1) is 0 Å². The van der Waals surface area contributed by atoms with E-state index < -0.39 is 0 Å². The molecule has 0 unspecified atom stereocenters. The monoisotopic (exact) mass is 569 g/mol. The average molecular weight is 570 g/mol. The van der Waals surface area contributed by atoms with Crippen molar-refractivity contribution in [1.29, 1.82) is 0 Å². The van der Waals surface area contributed by atoms with Gasteiger partial charge in [0.1, 0.15) is 11.6 Å². The van der Waals surface area contributed by atoms with Gasteiger partial charge in [0, 0.05) is 18.5 Å². The molecule has 0 spiro atoms. The van der Waals surface area contributed by atoms with Crippen LogP contribution in [0.3, 0.4) is 0 Å². The Morgan fingerprint density at radius 2 is 1.64 bits per heavy atom. The maximum Gasteiger partial charge on any atom is 0.346 e. The van der Waals surface area contributed by atoms with Crippen LogP contribution in [-0.2, 0) is 47.3 Å². The van der Waals surface area contributed by atoms with Crippen molar-refractivity contribution < 1.29 is 14.3 Å². The first-order valence-corrected chi connectivity index (χ1v) is 14.8. The summed E-state index contributed by atoms with van der Waals surface area (Å²) in [6, 6.07) is 22.8. The van der Waals surface area contributed by atoms with Gasteiger partial charge in [-0.1, -0.05) is 75.4 Å². The quantitative estimate of drug-likeness (QED) is 0.186. The Hall–Kier alpha value is -4.13. The minimum Gasteiger partial charge on any atom is -0.494 e. The maximum absolute atomic E-state index is 13.1. The molecule has 0 N–H and O–H groups in total. The minimum absolute atomic E-state index is 0.0624. The molecule has 0 bridgehead atoms. The van der Waals surface area contributed by atoms with E-state index in [1.165, 1.54) is 18.2 Å². The van der Waals surface area contributed by atoms with Crippen molar-refractivity contribution in [3.8, 4) is 16.9 Å². The van der Waals surface area contributed by atoms with E-state index in [4.69, 9.17) is 14.6 Å². The van der Waals surface area contributed by atoms with Crippen LogP contribution in [0.5, 0.6) is 5.75 Å². The van der Waals surface area contributed by atoms with E-state index >= 15 is 0 Å². The number of aromatic nitrogens is 3. The van der Waals surface area contributed by atoms with Gasteiger partial charge in [-0.2, -0.15) is 5.10 Å². The van der Waals surface area contributed by atoms with E-state index in [2.05, 4.69) is 69.3 Å². The van der Waals surface area contributed by atoms with Crippen molar-refractivity contribution >= 4 is 5.97 Å². The average Bonchev–Trinajstić information content (AvgIpc) is 3.27. The van der Waals surface area contributed by atoms with Gasteiger partial charge in [0.15, 0.2) is 0 Å². The Morgan fingerprint density at radius 3 is 2.31 bits per heavy atom. The lowest BCUT2D eigenvalue weighted by molar-refractivity contribution is -0.139.